The number of carboxylic acids is 1. The van der Waals surface area contributed by atoms with E-state index in [0.717, 1.165) is 11.4 Å². The van der Waals surface area contributed by atoms with E-state index in [1.54, 1.807) is 29.2 Å². The van der Waals surface area contributed by atoms with Crippen LogP contribution in [0.4, 0.5) is 5.82 Å². The molecule has 2 atom stereocenters. The van der Waals surface area contributed by atoms with Gasteiger partial charge in [-0.2, -0.15) is 0 Å². The van der Waals surface area contributed by atoms with Gasteiger partial charge in [-0.05, 0) is 19.1 Å². The molecule has 0 saturated carbocycles. The number of anilines is 1. The average Bonchev–Trinajstić information content (AvgIpc) is 2.96. The molecule has 0 aliphatic carbocycles. The number of ether oxygens (including phenoxy) is 1. The van der Waals surface area contributed by atoms with Crippen LogP contribution < -0.4 is 4.90 Å². The molecule has 2 N–H and O–H groups in total. The minimum atomic E-state index is -1.91. The first-order chi connectivity index (χ1) is 11.5. The number of amides is 1. The second kappa shape index (κ2) is 6.38. The molecule has 2 aromatic heterocycles. The van der Waals surface area contributed by atoms with E-state index in [0.29, 0.717) is 5.82 Å². The van der Waals surface area contributed by atoms with Crippen molar-refractivity contribution in [2.75, 3.05) is 18.1 Å². The number of rotatable bonds is 4. The van der Waals surface area contributed by atoms with Crippen LogP contribution in [0.2, 0.25) is 0 Å². The zero-order chi connectivity index (χ0) is 17.3. The third-order valence-electron chi connectivity index (χ3n) is 3.70. The lowest BCUT2D eigenvalue weighted by molar-refractivity contribution is -0.163. The highest BCUT2D eigenvalue weighted by Gasteiger charge is 2.40. The van der Waals surface area contributed by atoms with Gasteiger partial charge in [0.1, 0.15) is 0 Å². The van der Waals surface area contributed by atoms with Gasteiger partial charge in [0.2, 0.25) is 0 Å². The van der Waals surface area contributed by atoms with Gasteiger partial charge in [0.15, 0.2) is 18.0 Å². The van der Waals surface area contributed by atoms with Crippen LogP contribution >= 0.6 is 0 Å². The largest absolute Gasteiger partial charge is 0.479 e. The molecule has 1 unspecified atom stereocenters. The normalized spacial score (nSPS) is 19.3. The molecule has 0 spiro atoms. The number of hydrogen-bond acceptors (Lipinski definition) is 6. The fourth-order valence-electron chi connectivity index (χ4n) is 2.52. The highest BCUT2D eigenvalue weighted by atomic mass is 16.5. The predicted octanol–water partition coefficient (Wildman–Crippen LogP) is -0.247. The number of aryl methyl sites for hydroxylation is 1. The Labute approximate surface area is 137 Å². The second-order valence-corrected chi connectivity index (χ2v) is 5.33. The number of carbonyl (C=O) groups is 2. The van der Waals surface area contributed by atoms with Crippen molar-refractivity contribution < 1.29 is 24.5 Å². The number of aliphatic carboxylic acids is 1. The Kier molecular flexibility index (Phi) is 4.28. The monoisotopic (exact) mass is 332 g/mol. The van der Waals surface area contributed by atoms with Gasteiger partial charge in [0.25, 0.3) is 5.91 Å². The molecule has 0 aromatic carbocycles. The molecular formula is C15H16N4O5. The molecular weight excluding hydrogens is 316 g/mol. The SMILES string of the molecule is Cc1cc(N2CCO[C@H](C(O)C(=O)O)C2=O)nn1-c1cccnc1. The number of aliphatic hydroxyl groups is 1. The molecule has 1 aliphatic heterocycles. The van der Waals surface area contributed by atoms with Gasteiger partial charge >= 0.3 is 5.97 Å². The second-order valence-electron chi connectivity index (χ2n) is 5.33. The molecule has 1 fully saturated rings. The molecule has 3 rings (SSSR count). The quantitative estimate of drug-likeness (QED) is 0.793. The van der Waals surface area contributed by atoms with Gasteiger partial charge in [-0.3, -0.25) is 14.7 Å². The third-order valence-corrected chi connectivity index (χ3v) is 3.70. The Morgan fingerprint density at radius 3 is 2.96 bits per heavy atom. The summed E-state index contributed by atoms with van der Waals surface area (Å²) in [7, 11) is 0. The van der Waals surface area contributed by atoms with Crippen molar-refractivity contribution in [1.82, 2.24) is 14.8 Å². The van der Waals surface area contributed by atoms with Crippen molar-refractivity contribution in [2.45, 2.75) is 19.1 Å². The summed E-state index contributed by atoms with van der Waals surface area (Å²) in [4.78, 5) is 28.7. The summed E-state index contributed by atoms with van der Waals surface area (Å²) in [5, 5.41) is 22.9. The number of nitrogens with zero attached hydrogens (tertiary/aromatic N) is 4. The number of hydrogen-bond donors (Lipinski definition) is 2. The molecule has 9 heteroatoms. The Hall–Kier alpha value is -2.78. The maximum absolute atomic E-state index is 12.4. The summed E-state index contributed by atoms with van der Waals surface area (Å²) in [5.74, 6) is -1.77. The third kappa shape index (κ3) is 2.86. The summed E-state index contributed by atoms with van der Waals surface area (Å²) in [6.45, 7) is 2.17. The maximum Gasteiger partial charge on any atom is 0.335 e. The maximum atomic E-state index is 12.4. The van der Waals surface area contributed by atoms with Gasteiger partial charge < -0.3 is 14.9 Å². The molecule has 0 radical (unpaired) electrons. The van der Waals surface area contributed by atoms with E-state index in [2.05, 4.69) is 10.1 Å². The summed E-state index contributed by atoms with van der Waals surface area (Å²) >= 11 is 0. The summed E-state index contributed by atoms with van der Waals surface area (Å²) in [6, 6.07) is 5.31. The zero-order valence-electron chi connectivity index (χ0n) is 12.9. The number of carbonyl (C=O) groups excluding carboxylic acids is 1. The molecule has 1 amide bonds. The van der Waals surface area contributed by atoms with E-state index >= 15 is 0 Å². The standard InChI is InChI=1S/C15H16N4O5/c1-9-7-11(17-19(9)10-3-2-4-16-8-10)18-5-6-24-13(14(18)21)12(20)15(22)23/h2-4,7-8,12-13,20H,5-6H2,1H3,(H,22,23)/t12?,13-/m1/s1. The molecule has 126 valence electrons. The lowest BCUT2D eigenvalue weighted by Crippen LogP contribution is -2.54. The highest BCUT2D eigenvalue weighted by molar-refractivity contribution is 5.99. The van der Waals surface area contributed by atoms with Crippen LogP contribution in [0.25, 0.3) is 5.69 Å². The van der Waals surface area contributed by atoms with Gasteiger partial charge in [-0.15, -0.1) is 5.10 Å². The number of morpholine rings is 1. The lowest BCUT2D eigenvalue weighted by atomic mass is 10.1. The van der Waals surface area contributed by atoms with Crippen LogP contribution in [0.3, 0.4) is 0 Å². The van der Waals surface area contributed by atoms with Crippen molar-refractivity contribution in [3.8, 4) is 5.69 Å². The molecule has 1 saturated heterocycles. The zero-order valence-corrected chi connectivity index (χ0v) is 12.9. The summed E-state index contributed by atoms with van der Waals surface area (Å²) in [6.07, 6.45) is -0.0731. The minimum absolute atomic E-state index is 0.111. The Balaban J connectivity index is 1.89. The predicted molar refractivity (Wildman–Crippen MR) is 81.8 cm³/mol. The fraction of sp³-hybridized carbons (Fsp3) is 0.333. The lowest BCUT2D eigenvalue weighted by Gasteiger charge is -2.31. The van der Waals surface area contributed by atoms with E-state index < -0.39 is 24.1 Å². The molecule has 9 nitrogen and oxygen atoms in total. The van der Waals surface area contributed by atoms with Gasteiger partial charge in [-0.25, -0.2) is 9.48 Å². The topological polar surface area (TPSA) is 118 Å². The fourth-order valence-corrected chi connectivity index (χ4v) is 2.52. The first-order valence-electron chi connectivity index (χ1n) is 7.30. The summed E-state index contributed by atoms with van der Waals surface area (Å²) in [5.41, 5.74) is 1.52. The highest BCUT2D eigenvalue weighted by Crippen LogP contribution is 2.22. The van der Waals surface area contributed by atoms with Crippen molar-refractivity contribution in [3.05, 3.63) is 36.3 Å². The van der Waals surface area contributed by atoms with E-state index in [-0.39, 0.29) is 13.2 Å². The Bertz CT molecular complexity index is 760. The van der Waals surface area contributed by atoms with Gasteiger partial charge in [0, 0.05) is 18.0 Å². The van der Waals surface area contributed by atoms with E-state index in [1.165, 1.54) is 4.90 Å². The summed E-state index contributed by atoms with van der Waals surface area (Å²) < 4.78 is 6.75. The van der Waals surface area contributed by atoms with E-state index in [1.807, 2.05) is 13.0 Å². The van der Waals surface area contributed by atoms with E-state index in [4.69, 9.17) is 9.84 Å². The van der Waals surface area contributed by atoms with Crippen molar-refractivity contribution in [1.29, 1.82) is 0 Å². The van der Waals surface area contributed by atoms with Crippen molar-refractivity contribution in [2.24, 2.45) is 0 Å². The number of aliphatic hydroxyl groups excluding tert-OH is 1. The number of aromatic nitrogens is 3. The first kappa shape index (κ1) is 16.1. The van der Waals surface area contributed by atoms with Crippen molar-refractivity contribution >= 4 is 17.7 Å². The van der Waals surface area contributed by atoms with Crippen LogP contribution in [0.15, 0.2) is 30.6 Å². The molecule has 1 aliphatic rings. The van der Waals surface area contributed by atoms with Crippen LogP contribution in [0.5, 0.6) is 0 Å². The number of pyridine rings is 1. The number of carboxylic acid groups (broad SMARTS) is 1. The first-order valence-corrected chi connectivity index (χ1v) is 7.30. The molecule has 0 bridgehead atoms. The van der Waals surface area contributed by atoms with E-state index in [9.17, 15) is 14.7 Å². The van der Waals surface area contributed by atoms with Crippen LogP contribution in [0, 0.1) is 6.92 Å². The Morgan fingerprint density at radius 1 is 1.50 bits per heavy atom. The average molecular weight is 332 g/mol. The molecule has 24 heavy (non-hydrogen) atoms. The van der Waals surface area contributed by atoms with Gasteiger partial charge in [-0.1, -0.05) is 0 Å². The van der Waals surface area contributed by atoms with Crippen molar-refractivity contribution in [3.63, 3.8) is 0 Å². The Morgan fingerprint density at radius 2 is 2.29 bits per heavy atom. The van der Waals surface area contributed by atoms with Gasteiger partial charge in [0.05, 0.1) is 25.0 Å². The van der Waals surface area contributed by atoms with Crippen LogP contribution in [-0.4, -0.2) is 62.2 Å². The van der Waals surface area contributed by atoms with Crippen LogP contribution in [0.1, 0.15) is 5.69 Å². The molecule has 2 aromatic rings. The van der Waals surface area contributed by atoms with Crippen LogP contribution in [-0.2, 0) is 14.3 Å². The smallest absolute Gasteiger partial charge is 0.335 e. The molecule has 3 heterocycles. The minimum Gasteiger partial charge on any atom is -0.479 e.